The fourth-order valence-electron chi connectivity index (χ4n) is 2.89. The summed E-state index contributed by atoms with van der Waals surface area (Å²) in [5.74, 6) is -0.0375. The number of aryl methyl sites for hydroxylation is 3. The van der Waals surface area contributed by atoms with Gasteiger partial charge in [-0.1, -0.05) is 30.3 Å². The van der Waals surface area contributed by atoms with Crippen LogP contribution >= 0.6 is 11.3 Å². The highest BCUT2D eigenvalue weighted by Crippen LogP contribution is 2.18. The van der Waals surface area contributed by atoms with Gasteiger partial charge in [-0.05, 0) is 38.3 Å². The number of rotatable bonds is 7. The molecular formula is C20H24N4OS. The lowest BCUT2D eigenvalue weighted by Gasteiger charge is -2.28. The van der Waals surface area contributed by atoms with Crippen molar-refractivity contribution in [2.45, 2.75) is 39.3 Å². The van der Waals surface area contributed by atoms with Crippen molar-refractivity contribution < 1.29 is 4.79 Å². The third-order valence-electron chi connectivity index (χ3n) is 4.61. The van der Waals surface area contributed by atoms with Gasteiger partial charge in [0, 0.05) is 30.4 Å². The number of thiazole rings is 1. The van der Waals surface area contributed by atoms with E-state index in [0.29, 0.717) is 12.2 Å². The van der Waals surface area contributed by atoms with Gasteiger partial charge in [-0.3, -0.25) is 9.48 Å². The van der Waals surface area contributed by atoms with Gasteiger partial charge in [-0.25, -0.2) is 4.98 Å². The van der Waals surface area contributed by atoms with Crippen LogP contribution < -0.4 is 0 Å². The highest BCUT2D eigenvalue weighted by atomic mass is 32.1. The van der Waals surface area contributed by atoms with Gasteiger partial charge < -0.3 is 4.90 Å². The highest BCUT2D eigenvalue weighted by Gasteiger charge is 2.25. The zero-order valence-corrected chi connectivity index (χ0v) is 16.2. The standard InChI is InChI=1S/C20H24N4OS/c1-15(9-10-17-7-5-4-6-8-17)24(14-19-21-11-12-26-19)20(25)18-13-16(2)23(3)22-18/h4-8,11-13,15H,9-10,14H2,1-3H3/t15-/m1/s1. The molecule has 3 aromatic rings. The van der Waals surface area contributed by atoms with Crippen LogP contribution in [0.25, 0.3) is 0 Å². The fourth-order valence-corrected chi connectivity index (χ4v) is 3.51. The summed E-state index contributed by atoms with van der Waals surface area (Å²) in [5, 5.41) is 7.25. The number of hydrogen-bond acceptors (Lipinski definition) is 4. The van der Waals surface area contributed by atoms with Crippen LogP contribution in [0.1, 0.15) is 40.1 Å². The van der Waals surface area contributed by atoms with Crippen LogP contribution in [0.2, 0.25) is 0 Å². The van der Waals surface area contributed by atoms with Crippen LogP contribution in [0.3, 0.4) is 0 Å². The Bertz CT molecular complexity index is 823. The molecule has 0 saturated carbocycles. The number of aromatic nitrogens is 3. The third-order valence-corrected chi connectivity index (χ3v) is 5.37. The monoisotopic (exact) mass is 368 g/mol. The van der Waals surface area contributed by atoms with Gasteiger partial charge in [0.15, 0.2) is 5.69 Å². The summed E-state index contributed by atoms with van der Waals surface area (Å²) in [6.45, 7) is 4.57. The Kier molecular flexibility index (Phi) is 5.83. The van der Waals surface area contributed by atoms with Crippen LogP contribution in [0.15, 0.2) is 48.0 Å². The van der Waals surface area contributed by atoms with Crippen molar-refractivity contribution in [3.8, 4) is 0 Å². The predicted octanol–water partition coefficient (Wildman–Crippen LogP) is 3.85. The molecule has 0 N–H and O–H groups in total. The predicted molar refractivity (Wildman–Crippen MR) is 104 cm³/mol. The van der Waals surface area contributed by atoms with E-state index in [1.54, 1.807) is 22.2 Å². The number of hydrogen-bond donors (Lipinski definition) is 0. The lowest BCUT2D eigenvalue weighted by Crippen LogP contribution is -2.38. The van der Waals surface area contributed by atoms with Gasteiger partial charge >= 0.3 is 0 Å². The first-order valence-corrected chi connectivity index (χ1v) is 9.66. The largest absolute Gasteiger partial charge is 0.328 e. The molecule has 6 heteroatoms. The summed E-state index contributed by atoms with van der Waals surface area (Å²) in [7, 11) is 1.86. The molecule has 0 aliphatic carbocycles. The molecule has 26 heavy (non-hydrogen) atoms. The van der Waals surface area contributed by atoms with E-state index in [1.165, 1.54) is 5.56 Å². The van der Waals surface area contributed by atoms with Crippen molar-refractivity contribution in [1.82, 2.24) is 19.7 Å². The molecule has 2 heterocycles. The van der Waals surface area contributed by atoms with Crippen molar-refractivity contribution in [3.05, 3.63) is 69.9 Å². The Balaban J connectivity index is 1.76. The van der Waals surface area contributed by atoms with E-state index < -0.39 is 0 Å². The molecule has 0 aliphatic rings. The number of carbonyl (C=O) groups excluding carboxylic acids is 1. The normalized spacial score (nSPS) is 12.1. The number of carbonyl (C=O) groups is 1. The molecule has 3 rings (SSSR count). The Labute approximate surface area is 158 Å². The summed E-state index contributed by atoms with van der Waals surface area (Å²) in [6, 6.07) is 12.3. The lowest BCUT2D eigenvalue weighted by molar-refractivity contribution is 0.0660. The molecule has 0 spiro atoms. The van der Waals surface area contributed by atoms with Crippen LogP contribution in [0.5, 0.6) is 0 Å². The summed E-state index contributed by atoms with van der Waals surface area (Å²) in [4.78, 5) is 19.4. The molecule has 136 valence electrons. The van der Waals surface area contributed by atoms with Gasteiger partial charge in [0.05, 0.1) is 6.54 Å². The van der Waals surface area contributed by atoms with Gasteiger partial charge in [0.1, 0.15) is 5.01 Å². The van der Waals surface area contributed by atoms with Crippen LogP contribution in [-0.4, -0.2) is 31.6 Å². The quantitative estimate of drug-likeness (QED) is 0.636. The first-order chi connectivity index (χ1) is 12.5. The third kappa shape index (κ3) is 4.38. The molecule has 1 atom stereocenters. The van der Waals surface area contributed by atoms with Gasteiger partial charge in [-0.15, -0.1) is 11.3 Å². The molecule has 2 aromatic heterocycles. The smallest absolute Gasteiger partial charge is 0.274 e. The summed E-state index contributed by atoms with van der Waals surface area (Å²) in [5.41, 5.74) is 2.75. The van der Waals surface area contributed by atoms with Crippen molar-refractivity contribution >= 4 is 17.2 Å². The SMILES string of the molecule is Cc1cc(C(=O)N(Cc2nccs2)[C@H](C)CCc2ccccc2)nn1C. The summed E-state index contributed by atoms with van der Waals surface area (Å²) >= 11 is 1.57. The lowest BCUT2D eigenvalue weighted by atomic mass is 10.0. The molecule has 1 aromatic carbocycles. The molecule has 0 fully saturated rings. The molecule has 0 radical (unpaired) electrons. The first-order valence-electron chi connectivity index (χ1n) is 8.78. The van der Waals surface area contributed by atoms with E-state index in [2.05, 4.69) is 41.3 Å². The van der Waals surface area contributed by atoms with Crippen molar-refractivity contribution in [2.75, 3.05) is 0 Å². The minimum atomic E-state index is -0.0375. The minimum Gasteiger partial charge on any atom is -0.328 e. The van der Waals surface area contributed by atoms with E-state index in [0.717, 1.165) is 23.5 Å². The van der Waals surface area contributed by atoms with Crippen molar-refractivity contribution in [1.29, 1.82) is 0 Å². The maximum atomic E-state index is 13.1. The Morgan fingerprint density at radius 1 is 1.31 bits per heavy atom. The van der Waals surface area contributed by atoms with Crippen molar-refractivity contribution in [3.63, 3.8) is 0 Å². The first kappa shape index (κ1) is 18.3. The average molecular weight is 369 g/mol. The van der Waals surface area contributed by atoms with E-state index in [1.807, 2.05) is 36.4 Å². The minimum absolute atomic E-state index is 0.0375. The maximum Gasteiger partial charge on any atom is 0.274 e. The Hall–Kier alpha value is -2.47. The second-order valence-electron chi connectivity index (χ2n) is 6.53. The summed E-state index contributed by atoms with van der Waals surface area (Å²) < 4.78 is 1.74. The molecule has 0 unspecified atom stereocenters. The topological polar surface area (TPSA) is 51.0 Å². The molecule has 5 nitrogen and oxygen atoms in total. The second kappa shape index (κ2) is 8.27. The molecular weight excluding hydrogens is 344 g/mol. The van der Waals surface area contributed by atoms with Gasteiger partial charge in [0.2, 0.25) is 0 Å². The fraction of sp³-hybridized carbons (Fsp3) is 0.350. The van der Waals surface area contributed by atoms with Crippen LogP contribution in [0, 0.1) is 6.92 Å². The number of nitrogens with zero attached hydrogens (tertiary/aromatic N) is 4. The van der Waals surface area contributed by atoms with E-state index >= 15 is 0 Å². The molecule has 1 amide bonds. The zero-order valence-electron chi connectivity index (χ0n) is 15.4. The average Bonchev–Trinajstić information content (AvgIpc) is 3.28. The van der Waals surface area contributed by atoms with Crippen molar-refractivity contribution in [2.24, 2.45) is 7.05 Å². The maximum absolute atomic E-state index is 13.1. The Morgan fingerprint density at radius 3 is 2.69 bits per heavy atom. The van der Waals surface area contributed by atoms with Gasteiger partial charge in [0.25, 0.3) is 5.91 Å². The Morgan fingerprint density at radius 2 is 2.08 bits per heavy atom. The van der Waals surface area contributed by atoms with E-state index in [-0.39, 0.29) is 11.9 Å². The van der Waals surface area contributed by atoms with Gasteiger partial charge in [-0.2, -0.15) is 5.10 Å². The van der Waals surface area contributed by atoms with Crippen LogP contribution in [0.4, 0.5) is 0 Å². The second-order valence-corrected chi connectivity index (χ2v) is 7.51. The number of amides is 1. The number of benzene rings is 1. The van der Waals surface area contributed by atoms with Crippen LogP contribution in [-0.2, 0) is 20.0 Å². The molecule has 0 bridgehead atoms. The van der Waals surface area contributed by atoms with E-state index in [4.69, 9.17) is 0 Å². The molecule has 0 aliphatic heterocycles. The molecule has 0 saturated heterocycles. The highest BCUT2D eigenvalue weighted by molar-refractivity contribution is 7.09. The summed E-state index contributed by atoms with van der Waals surface area (Å²) in [6.07, 6.45) is 3.61. The van der Waals surface area contributed by atoms with E-state index in [9.17, 15) is 4.79 Å². The zero-order chi connectivity index (χ0) is 18.5.